The summed E-state index contributed by atoms with van der Waals surface area (Å²) in [5.41, 5.74) is 17.0. The number of azide groups is 1. The van der Waals surface area contributed by atoms with Crippen LogP contribution in [0.1, 0.15) is 16.7 Å². The molecule has 0 amide bonds. The summed E-state index contributed by atoms with van der Waals surface area (Å²) in [5.74, 6) is 0. The van der Waals surface area contributed by atoms with Crippen LogP contribution in [0.5, 0.6) is 0 Å². The summed E-state index contributed by atoms with van der Waals surface area (Å²) in [6.45, 7) is 7.06. The van der Waals surface area contributed by atoms with Crippen molar-refractivity contribution in [2.75, 3.05) is 19.0 Å². The third-order valence-corrected chi connectivity index (χ3v) is 10.2. The fraction of sp³-hybridized carbons (Fsp3) is 0.192. The van der Waals surface area contributed by atoms with Crippen molar-refractivity contribution in [1.82, 2.24) is 0 Å². The van der Waals surface area contributed by atoms with Crippen LogP contribution >= 0.6 is 0 Å². The van der Waals surface area contributed by atoms with E-state index in [9.17, 15) is 0 Å². The summed E-state index contributed by atoms with van der Waals surface area (Å²) in [4.78, 5) is 8.51. The second-order valence-corrected chi connectivity index (χ2v) is 13.6. The summed E-state index contributed by atoms with van der Waals surface area (Å²) in [6.07, 6.45) is 4.05. The molecule has 0 spiro atoms. The van der Waals surface area contributed by atoms with E-state index in [1.165, 1.54) is 38.3 Å². The number of fused-ring (bicyclic) bond motifs is 3. The maximum Gasteiger partial charge on any atom is 0.212 e. The molecule has 0 atom stereocenters. The van der Waals surface area contributed by atoms with Crippen molar-refractivity contribution < 1.29 is 4.99 Å². The van der Waals surface area contributed by atoms with E-state index in [0.717, 1.165) is 16.1 Å². The van der Waals surface area contributed by atoms with Gasteiger partial charge in [-0.25, -0.2) is 4.99 Å². The van der Waals surface area contributed by atoms with E-state index in [1.54, 1.807) is 0 Å². The molecule has 0 aliphatic carbocycles. The van der Waals surface area contributed by atoms with Gasteiger partial charge in [0.25, 0.3) is 0 Å². The van der Waals surface area contributed by atoms with Crippen molar-refractivity contribution in [1.29, 1.82) is 0 Å². The van der Waals surface area contributed by atoms with Crippen molar-refractivity contribution in [3.8, 4) is 0 Å². The summed E-state index contributed by atoms with van der Waals surface area (Å²) >= 11 is 0. The number of aryl methyl sites for hydroxylation is 1. The largest absolute Gasteiger partial charge is 0.378 e. The van der Waals surface area contributed by atoms with Crippen LogP contribution in [-0.4, -0.2) is 28.4 Å². The molecule has 6 heteroatoms. The molecule has 5 rings (SSSR count). The molecular formula is C26H26N5Si+. The molecule has 3 aromatic rings. The van der Waals surface area contributed by atoms with E-state index in [4.69, 9.17) is 5.53 Å². The second-order valence-electron chi connectivity index (χ2n) is 9.30. The molecule has 0 aromatic heterocycles. The van der Waals surface area contributed by atoms with Gasteiger partial charge in [-0.1, -0.05) is 48.0 Å². The molecule has 3 aromatic carbocycles. The van der Waals surface area contributed by atoms with Gasteiger partial charge in [0.1, 0.15) is 8.07 Å². The minimum atomic E-state index is -1.93. The van der Waals surface area contributed by atoms with Gasteiger partial charge in [0.05, 0.1) is 5.22 Å². The zero-order valence-corrected chi connectivity index (χ0v) is 20.1. The van der Waals surface area contributed by atoms with E-state index in [0.29, 0.717) is 5.69 Å². The van der Waals surface area contributed by atoms with Crippen LogP contribution in [0.15, 0.2) is 53.6 Å². The lowest BCUT2D eigenvalue weighted by atomic mass is 9.92. The van der Waals surface area contributed by atoms with Gasteiger partial charge >= 0.3 is 0 Å². The molecule has 2 heterocycles. The van der Waals surface area contributed by atoms with Crippen LogP contribution in [0.25, 0.3) is 22.1 Å². The molecule has 2 aliphatic heterocycles. The highest BCUT2D eigenvalue weighted by Crippen LogP contribution is 2.30. The highest BCUT2D eigenvalue weighted by atomic mass is 28.3. The predicted molar refractivity (Wildman–Crippen MR) is 136 cm³/mol. The lowest BCUT2D eigenvalue weighted by Crippen LogP contribution is -2.62. The van der Waals surface area contributed by atoms with Crippen molar-refractivity contribution in [2.24, 2.45) is 5.11 Å². The Morgan fingerprint density at radius 2 is 1.69 bits per heavy atom. The molecule has 0 saturated carbocycles. The number of rotatable bonds is 2. The summed E-state index contributed by atoms with van der Waals surface area (Å²) in [5, 5.41) is 9.05. The Bertz CT molecular complexity index is 1490. The minimum absolute atomic E-state index is 0.618. The molecule has 0 unspecified atom stereocenters. The highest BCUT2D eigenvalue weighted by molar-refractivity contribution is 7.02. The van der Waals surface area contributed by atoms with Crippen LogP contribution in [0.2, 0.25) is 13.1 Å². The maximum absolute atomic E-state index is 9.08. The smallest absolute Gasteiger partial charge is 0.212 e. The number of nitrogens with zero attached hydrogens (tertiary/aromatic N) is 4. The van der Waals surface area contributed by atoms with Gasteiger partial charge in [-0.05, 0) is 62.9 Å². The first-order valence-electron chi connectivity index (χ1n) is 10.8. The van der Waals surface area contributed by atoms with Crippen LogP contribution in [-0.2, 0) is 0 Å². The van der Waals surface area contributed by atoms with Crippen LogP contribution in [0, 0.1) is 6.92 Å². The van der Waals surface area contributed by atoms with Gasteiger partial charge in [-0.3, -0.25) is 0 Å². The predicted octanol–water partition coefficient (Wildman–Crippen LogP) is 1.96. The van der Waals surface area contributed by atoms with Gasteiger partial charge in [-0.2, -0.15) is 0 Å². The molecule has 158 valence electrons. The Hall–Kier alpha value is -3.60. The molecule has 0 radical (unpaired) electrons. The molecule has 0 bridgehead atoms. The molecule has 5 nitrogen and oxygen atoms in total. The first kappa shape index (κ1) is 20.3. The van der Waals surface area contributed by atoms with Gasteiger partial charge in [-0.15, -0.1) is 0 Å². The SMILES string of the molecule is Cc1ccc2c(c1)[Si](C)(C)c1cc(N(C)C)ccc1C2=c1cc(N=[N+]=[N-])cc2c1=CC=[NH+]2. The number of hydrogen-bond donors (Lipinski definition) is 1. The Balaban J connectivity index is 2.00. The quantitative estimate of drug-likeness (QED) is 0.284. The number of hydrogen-bond acceptors (Lipinski definition) is 2. The number of benzene rings is 3. The van der Waals surface area contributed by atoms with Crippen molar-refractivity contribution in [2.45, 2.75) is 20.0 Å². The fourth-order valence-corrected chi connectivity index (χ4v) is 8.14. The van der Waals surface area contributed by atoms with Crippen LogP contribution < -0.4 is 30.7 Å². The normalized spacial score (nSPS) is 16.4. The Morgan fingerprint density at radius 1 is 0.969 bits per heavy atom. The standard InChI is InChI=1S/C26H25N5Si/c1-16-6-8-20-24(12-16)32(4,5)25-15-18(31(2)3)7-9-21(25)26(20)22-13-17(29-30-27)14-23-19(22)10-11-28-23/h6-15H,1-5H3/p+1. The molecule has 2 aliphatic rings. The lowest BCUT2D eigenvalue weighted by Gasteiger charge is -2.36. The molecule has 1 N–H and O–H groups in total. The minimum Gasteiger partial charge on any atom is -0.378 e. The van der Waals surface area contributed by atoms with Gasteiger partial charge in [0, 0.05) is 42.5 Å². The first-order valence-corrected chi connectivity index (χ1v) is 13.8. The summed E-state index contributed by atoms with van der Waals surface area (Å²) in [6, 6.07) is 17.6. The molecule has 32 heavy (non-hydrogen) atoms. The summed E-state index contributed by atoms with van der Waals surface area (Å²) in [7, 11) is 2.25. The fourth-order valence-electron chi connectivity index (χ4n) is 4.99. The van der Waals surface area contributed by atoms with Gasteiger partial charge < -0.3 is 4.90 Å². The first-order chi connectivity index (χ1) is 15.3. The molecule has 0 fully saturated rings. The van der Waals surface area contributed by atoms with Crippen molar-refractivity contribution >= 4 is 53.4 Å². The third kappa shape index (κ3) is 3.00. The zero-order valence-electron chi connectivity index (χ0n) is 19.1. The Labute approximate surface area is 188 Å². The van der Waals surface area contributed by atoms with Gasteiger partial charge in [0.15, 0.2) is 6.21 Å². The monoisotopic (exact) mass is 436 g/mol. The molecular weight excluding hydrogens is 410 g/mol. The van der Waals surface area contributed by atoms with E-state index < -0.39 is 8.07 Å². The number of nitrogens with one attached hydrogen (secondary N) is 1. The highest BCUT2D eigenvalue weighted by Gasteiger charge is 2.37. The van der Waals surface area contributed by atoms with E-state index in [2.05, 4.69) is 96.5 Å². The average Bonchev–Trinajstić information content (AvgIpc) is 3.23. The van der Waals surface area contributed by atoms with E-state index >= 15 is 0 Å². The maximum atomic E-state index is 9.08. The Morgan fingerprint density at radius 3 is 2.41 bits per heavy atom. The average molecular weight is 437 g/mol. The third-order valence-electron chi connectivity index (χ3n) is 6.66. The topological polar surface area (TPSA) is 66.0 Å². The Kier molecular flexibility index (Phi) is 4.59. The zero-order chi connectivity index (χ0) is 22.6. The van der Waals surface area contributed by atoms with Crippen LogP contribution in [0.3, 0.4) is 0 Å². The van der Waals surface area contributed by atoms with Crippen molar-refractivity contribution in [3.05, 3.63) is 86.1 Å². The molecule has 0 saturated heterocycles. The summed E-state index contributed by atoms with van der Waals surface area (Å²) < 4.78 is 0. The van der Waals surface area contributed by atoms with Gasteiger partial charge in [0.2, 0.25) is 5.69 Å². The number of anilines is 1. The van der Waals surface area contributed by atoms with E-state index in [1.807, 2.05) is 18.3 Å². The second kappa shape index (κ2) is 7.23. The van der Waals surface area contributed by atoms with Crippen LogP contribution in [0.4, 0.5) is 17.1 Å². The van der Waals surface area contributed by atoms with E-state index in [-0.39, 0.29) is 0 Å². The lowest BCUT2D eigenvalue weighted by molar-refractivity contribution is -0.344. The van der Waals surface area contributed by atoms with Crippen molar-refractivity contribution in [3.63, 3.8) is 0 Å².